The molecule has 0 aliphatic carbocycles. The Kier molecular flexibility index (Phi) is 4.75. The van der Waals surface area contributed by atoms with Crippen LogP contribution in [0.4, 0.5) is 26.3 Å². The first-order chi connectivity index (χ1) is 11.0. The van der Waals surface area contributed by atoms with Gasteiger partial charge in [-0.2, -0.15) is 26.3 Å². The lowest BCUT2D eigenvalue weighted by Crippen LogP contribution is -2.40. The molecule has 24 heavy (non-hydrogen) atoms. The Morgan fingerprint density at radius 3 is 1.67 bits per heavy atom. The molecule has 1 unspecified atom stereocenters. The molecule has 2 aromatic carbocycles. The topological polar surface area (TPSA) is 20.2 Å². The van der Waals surface area contributed by atoms with Gasteiger partial charge >= 0.3 is 12.4 Å². The molecule has 1 nitrogen and oxygen atoms in total. The molecule has 1 atom stereocenters. The third-order valence-corrected chi connectivity index (χ3v) is 3.40. The molecule has 0 saturated heterocycles. The highest BCUT2D eigenvalue weighted by molar-refractivity contribution is 5.52. The number of alkyl halides is 6. The highest BCUT2D eigenvalue weighted by Gasteiger charge is 2.53. The van der Waals surface area contributed by atoms with E-state index in [1.165, 1.54) is 12.1 Å². The lowest BCUT2D eigenvalue weighted by Gasteiger charge is -2.28. The van der Waals surface area contributed by atoms with E-state index in [0.29, 0.717) is 35.9 Å². The number of halogens is 6. The van der Waals surface area contributed by atoms with E-state index in [9.17, 15) is 31.4 Å². The molecule has 128 valence electrons. The molecule has 1 N–H and O–H groups in total. The second-order valence-corrected chi connectivity index (χ2v) is 5.08. The Morgan fingerprint density at radius 2 is 1.21 bits per heavy atom. The maximum atomic E-state index is 13.3. The van der Waals surface area contributed by atoms with Crippen LogP contribution in [0.3, 0.4) is 0 Å². The molecular weight excluding hydrogens is 334 g/mol. The minimum absolute atomic E-state index is 0.409. The van der Waals surface area contributed by atoms with Crippen LogP contribution in [0.1, 0.15) is 16.7 Å². The zero-order valence-corrected chi connectivity index (χ0v) is 12.1. The summed E-state index contributed by atoms with van der Waals surface area (Å²) in [6.45, 7) is 0. The van der Waals surface area contributed by atoms with Crippen molar-refractivity contribution < 1.29 is 31.4 Å². The van der Waals surface area contributed by atoms with Crippen molar-refractivity contribution in [1.29, 1.82) is 0 Å². The number of aliphatic hydroxyl groups is 1. The van der Waals surface area contributed by atoms with E-state index in [4.69, 9.17) is 0 Å². The molecule has 0 aliphatic rings. The van der Waals surface area contributed by atoms with E-state index in [1.807, 2.05) is 0 Å². The van der Waals surface area contributed by atoms with Crippen LogP contribution in [0.2, 0.25) is 0 Å². The minimum atomic E-state index is -5.10. The lowest BCUT2D eigenvalue weighted by molar-refractivity contribution is -0.244. The summed E-state index contributed by atoms with van der Waals surface area (Å²) in [7, 11) is 0. The van der Waals surface area contributed by atoms with Crippen LogP contribution in [0.5, 0.6) is 0 Å². The van der Waals surface area contributed by atoms with Gasteiger partial charge in [0, 0.05) is 0 Å². The zero-order chi connectivity index (χ0) is 18.0. The lowest BCUT2D eigenvalue weighted by atomic mass is 9.91. The summed E-state index contributed by atoms with van der Waals surface area (Å²) < 4.78 is 77.5. The van der Waals surface area contributed by atoms with Gasteiger partial charge in [-0.05, 0) is 29.3 Å². The Balaban J connectivity index is 2.43. The molecule has 2 rings (SSSR count). The van der Waals surface area contributed by atoms with Gasteiger partial charge in [0.25, 0.3) is 0 Å². The molecule has 0 heterocycles. The summed E-state index contributed by atoms with van der Waals surface area (Å²) in [6, 6.07) is 10.2. The van der Waals surface area contributed by atoms with Gasteiger partial charge in [0.1, 0.15) is 0 Å². The van der Waals surface area contributed by atoms with Crippen LogP contribution in [-0.4, -0.2) is 11.3 Å². The monoisotopic (exact) mass is 346 g/mol. The van der Waals surface area contributed by atoms with E-state index >= 15 is 0 Å². The minimum Gasteiger partial charge on any atom is -0.373 e. The van der Waals surface area contributed by atoms with Gasteiger partial charge in [-0.15, -0.1) is 0 Å². The van der Waals surface area contributed by atoms with Gasteiger partial charge in [0.2, 0.25) is 5.60 Å². The second kappa shape index (κ2) is 6.32. The van der Waals surface area contributed by atoms with E-state index in [-0.39, 0.29) is 0 Å². The summed E-state index contributed by atoms with van der Waals surface area (Å²) in [5.74, 6) is 0. The third kappa shape index (κ3) is 3.79. The molecule has 0 bridgehead atoms. The molecule has 0 aromatic heterocycles. The second-order valence-electron chi connectivity index (χ2n) is 5.08. The van der Waals surface area contributed by atoms with Crippen molar-refractivity contribution in [1.82, 2.24) is 0 Å². The van der Waals surface area contributed by atoms with Crippen molar-refractivity contribution in [2.24, 2.45) is 0 Å². The summed E-state index contributed by atoms with van der Waals surface area (Å²) in [5.41, 5.74) is -4.78. The van der Waals surface area contributed by atoms with Crippen LogP contribution in [0.25, 0.3) is 6.08 Å². The molecule has 0 spiro atoms. The van der Waals surface area contributed by atoms with Crippen molar-refractivity contribution in [3.8, 4) is 0 Å². The smallest absolute Gasteiger partial charge is 0.373 e. The maximum Gasteiger partial charge on any atom is 0.425 e. The van der Waals surface area contributed by atoms with Gasteiger partial charge < -0.3 is 5.11 Å². The first kappa shape index (κ1) is 18.1. The van der Waals surface area contributed by atoms with Crippen molar-refractivity contribution >= 4 is 6.08 Å². The van der Waals surface area contributed by atoms with Gasteiger partial charge in [-0.25, -0.2) is 0 Å². The molecule has 0 radical (unpaired) electrons. The van der Waals surface area contributed by atoms with Crippen molar-refractivity contribution in [2.75, 3.05) is 0 Å². The van der Waals surface area contributed by atoms with Crippen molar-refractivity contribution in [3.63, 3.8) is 0 Å². The number of benzene rings is 2. The van der Waals surface area contributed by atoms with Crippen LogP contribution in [-0.2, 0) is 11.8 Å². The summed E-state index contributed by atoms with van der Waals surface area (Å²) in [5, 5.41) is 10.1. The summed E-state index contributed by atoms with van der Waals surface area (Å²) >= 11 is 0. The molecule has 2 aromatic rings. The third-order valence-electron chi connectivity index (χ3n) is 3.40. The maximum absolute atomic E-state index is 13.3. The zero-order valence-electron chi connectivity index (χ0n) is 12.1. The van der Waals surface area contributed by atoms with Crippen LogP contribution < -0.4 is 0 Å². The van der Waals surface area contributed by atoms with Gasteiger partial charge in [0.15, 0.2) is 0 Å². The van der Waals surface area contributed by atoms with Crippen molar-refractivity contribution in [2.45, 2.75) is 18.0 Å². The highest BCUT2D eigenvalue weighted by Crippen LogP contribution is 2.41. The highest BCUT2D eigenvalue weighted by atomic mass is 19.4. The predicted molar refractivity (Wildman–Crippen MR) is 76.9 cm³/mol. The average Bonchev–Trinajstić information content (AvgIpc) is 2.52. The fourth-order valence-corrected chi connectivity index (χ4v) is 2.05. The standard InChI is InChI=1S/C17H12F6O/c18-16(19,20)14-8-6-13(7-9-14)15(24,17(21,22)23)11-10-12-4-2-1-3-5-12/h1-11,24H. The van der Waals surface area contributed by atoms with Crippen LogP contribution in [0, 0.1) is 0 Å². The molecule has 0 aliphatic heterocycles. The SMILES string of the molecule is OC(C=Cc1ccccc1)(c1ccc(C(F)(F)F)cc1)C(F)(F)F. The van der Waals surface area contributed by atoms with Crippen LogP contribution >= 0.6 is 0 Å². The van der Waals surface area contributed by atoms with E-state index < -0.39 is 29.1 Å². The van der Waals surface area contributed by atoms with Gasteiger partial charge in [-0.3, -0.25) is 0 Å². The Bertz CT molecular complexity index is 701. The predicted octanol–water partition coefficient (Wildman–Crippen LogP) is 5.17. The van der Waals surface area contributed by atoms with Gasteiger partial charge in [0.05, 0.1) is 5.56 Å². The summed E-state index contributed by atoms with van der Waals surface area (Å²) in [4.78, 5) is 0. The molecule has 0 saturated carbocycles. The Labute approximate surface area is 133 Å². The van der Waals surface area contributed by atoms with E-state index in [0.717, 1.165) is 6.08 Å². The quantitative estimate of drug-likeness (QED) is 0.761. The summed E-state index contributed by atoms with van der Waals surface area (Å²) in [6.07, 6.45) is -8.19. The Morgan fingerprint density at radius 1 is 0.708 bits per heavy atom. The first-order valence-corrected chi connectivity index (χ1v) is 6.75. The first-order valence-electron chi connectivity index (χ1n) is 6.75. The van der Waals surface area contributed by atoms with Crippen LogP contribution in [0.15, 0.2) is 60.7 Å². The molecular formula is C17H12F6O. The molecule has 0 amide bonds. The fourth-order valence-electron chi connectivity index (χ4n) is 2.05. The van der Waals surface area contributed by atoms with E-state index in [1.54, 1.807) is 18.2 Å². The Hall–Kier alpha value is -2.28. The number of hydrogen-bond acceptors (Lipinski definition) is 1. The van der Waals surface area contributed by atoms with E-state index in [2.05, 4.69) is 0 Å². The molecule has 0 fully saturated rings. The average molecular weight is 346 g/mol. The molecule has 7 heteroatoms. The van der Waals surface area contributed by atoms with Gasteiger partial charge in [-0.1, -0.05) is 48.5 Å². The number of rotatable bonds is 3. The largest absolute Gasteiger partial charge is 0.425 e. The normalized spacial score (nSPS) is 15.5. The fraction of sp³-hybridized carbons (Fsp3) is 0.176. The van der Waals surface area contributed by atoms with Crippen molar-refractivity contribution in [3.05, 3.63) is 77.4 Å². The number of hydrogen-bond donors (Lipinski definition) is 1.